The Balaban J connectivity index is 2.84. The van der Waals surface area contributed by atoms with Crippen molar-refractivity contribution in [2.24, 2.45) is 0 Å². The van der Waals surface area contributed by atoms with E-state index in [9.17, 15) is 19.7 Å². The number of benzene rings is 1. The van der Waals surface area contributed by atoms with Crippen LogP contribution in [-0.4, -0.2) is 29.3 Å². The van der Waals surface area contributed by atoms with Gasteiger partial charge in [0.25, 0.3) is 5.91 Å². The molecule has 1 atom stereocenters. The molecule has 0 heterocycles. The summed E-state index contributed by atoms with van der Waals surface area (Å²) in [5, 5.41) is 13.8. The summed E-state index contributed by atoms with van der Waals surface area (Å²) in [5.74, 6) is -0.571. The van der Waals surface area contributed by atoms with Crippen LogP contribution in [0, 0.1) is 10.1 Å². The van der Waals surface area contributed by atoms with Gasteiger partial charge in [0.05, 0.1) is 4.92 Å². The van der Waals surface area contributed by atoms with Crippen molar-refractivity contribution in [3.63, 3.8) is 0 Å². The molecule has 0 saturated carbocycles. The van der Waals surface area contributed by atoms with Crippen molar-refractivity contribution in [2.75, 3.05) is 6.61 Å². The molecule has 1 aromatic carbocycles. The number of nitro groups is 1. The average Bonchev–Trinajstić information content (AvgIpc) is 2.51. The zero-order chi connectivity index (χ0) is 16.7. The third kappa shape index (κ3) is 4.83. The first-order valence-electron chi connectivity index (χ1n) is 7.12. The van der Waals surface area contributed by atoms with E-state index < -0.39 is 4.92 Å². The third-order valence-electron chi connectivity index (χ3n) is 3.18. The highest BCUT2D eigenvalue weighted by molar-refractivity contribution is 5.96. The number of Topliss-reactive ketones (excluding diaryl/α,β-unsaturated/α-hetero) is 1. The van der Waals surface area contributed by atoms with Gasteiger partial charge in [0.2, 0.25) is 0 Å². The van der Waals surface area contributed by atoms with Crippen molar-refractivity contribution in [1.82, 2.24) is 5.32 Å². The topological polar surface area (TPSA) is 98.5 Å². The van der Waals surface area contributed by atoms with E-state index in [0.29, 0.717) is 0 Å². The number of ether oxygens (including phenoxy) is 1. The van der Waals surface area contributed by atoms with Crippen LogP contribution in [0.1, 0.15) is 44.0 Å². The van der Waals surface area contributed by atoms with Crippen LogP contribution in [0.5, 0.6) is 5.75 Å². The number of carbonyl (C=O) groups is 2. The van der Waals surface area contributed by atoms with E-state index >= 15 is 0 Å². The number of ketones is 1. The van der Waals surface area contributed by atoms with E-state index in [1.165, 1.54) is 18.2 Å². The van der Waals surface area contributed by atoms with E-state index in [0.717, 1.165) is 6.42 Å². The molecule has 0 bridgehead atoms. The summed E-state index contributed by atoms with van der Waals surface area (Å²) in [5.41, 5.74) is -0.0683. The van der Waals surface area contributed by atoms with Crippen molar-refractivity contribution in [3.05, 3.63) is 33.9 Å². The van der Waals surface area contributed by atoms with Crippen LogP contribution in [-0.2, 0) is 4.79 Å². The lowest BCUT2D eigenvalue weighted by atomic mass is 10.1. The Morgan fingerprint density at radius 2 is 2.05 bits per heavy atom. The summed E-state index contributed by atoms with van der Waals surface area (Å²) in [6.07, 6.45) is 1.04. The molecule has 0 spiro atoms. The molecule has 0 saturated heterocycles. The third-order valence-corrected chi connectivity index (χ3v) is 3.18. The fourth-order valence-corrected chi connectivity index (χ4v) is 1.72. The number of nitrogens with zero attached hydrogens (tertiary/aromatic N) is 1. The summed E-state index contributed by atoms with van der Waals surface area (Å²) in [4.78, 5) is 33.7. The summed E-state index contributed by atoms with van der Waals surface area (Å²) in [6.45, 7) is 5.15. The highest BCUT2D eigenvalue weighted by atomic mass is 16.6. The standard InChI is InChI=1S/C15H20N2O5/c1-4-10(3)16-15(19)9-22-14-7-6-11(13(18)5-2)8-12(14)17(20)21/h6-8,10H,4-5,9H2,1-3H3,(H,16,19). The van der Waals surface area contributed by atoms with Gasteiger partial charge in [0.15, 0.2) is 18.1 Å². The first kappa shape index (κ1) is 17.6. The van der Waals surface area contributed by atoms with Crippen molar-refractivity contribution in [3.8, 4) is 5.75 Å². The molecule has 7 heteroatoms. The fourth-order valence-electron chi connectivity index (χ4n) is 1.72. The predicted molar refractivity (Wildman–Crippen MR) is 81.1 cm³/mol. The fraction of sp³-hybridized carbons (Fsp3) is 0.467. The Hall–Kier alpha value is -2.44. The molecule has 0 radical (unpaired) electrons. The molecule has 0 aliphatic rings. The maximum Gasteiger partial charge on any atom is 0.311 e. The van der Waals surface area contributed by atoms with Crippen molar-refractivity contribution >= 4 is 17.4 Å². The van der Waals surface area contributed by atoms with Gasteiger partial charge in [0, 0.05) is 24.1 Å². The normalized spacial score (nSPS) is 11.6. The molecule has 1 N–H and O–H groups in total. The average molecular weight is 308 g/mol. The SMILES string of the molecule is CCC(=O)c1ccc(OCC(=O)NC(C)CC)c([N+](=O)[O-])c1. The monoisotopic (exact) mass is 308 g/mol. The maximum atomic E-state index is 11.6. The smallest absolute Gasteiger partial charge is 0.311 e. The molecular formula is C15H20N2O5. The number of amides is 1. The van der Waals surface area contributed by atoms with Crippen LogP contribution in [0.3, 0.4) is 0 Å². The van der Waals surface area contributed by atoms with E-state index in [-0.39, 0.29) is 47.8 Å². The first-order valence-corrected chi connectivity index (χ1v) is 7.12. The number of hydrogen-bond donors (Lipinski definition) is 1. The minimum Gasteiger partial charge on any atom is -0.477 e. The van der Waals surface area contributed by atoms with Gasteiger partial charge in [-0.1, -0.05) is 13.8 Å². The van der Waals surface area contributed by atoms with Gasteiger partial charge in [-0.3, -0.25) is 19.7 Å². The van der Waals surface area contributed by atoms with Gasteiger partial charge in [-0.05, 0) is 25.5 Å². The molecule has 22 heavy (non-hydrogen) atoms. The van der Waals surface area contributed by atoms with E-state index in [1.807, 2.05) is 13.8 Å². The summed E-state index contributed by atoms with van der Waals surface area (Å²) in [6, 6.07) is 3.99. The highest BCUT2D eigenvalue weighted by Gasteiger charge is 2.19. The molecule has 0 fully saturated rings. The number of rotatable bonds is 8. The van der Waals surface area contributed by atoms with Crippen molar-refractivity contribution in [1.29, 1.82) is 0 Å². The zero-order valence-corrected chi connectivity index (χ0v) is 12.9. The van der Waals surface area contributed by atoms with Crippen molar-refractivity contribution in [2.45, 2.75) is 39.7 Å². The number of nitro benzene ring substituents is 1. The van der Waals surface area contributed by atoms with Gasteiger partial charge in [-0.15, -0.1) is 0 Å². The molecule has 7 nitrogen and oxygen atoms in total. The molecule has 1 rings (SSSR count). The number of nitrogens with one attached hydrogen (secondary N) is 1. The zero-order valence-electron chi connectivity index (χ0n) is 12.9. The van der Waals surface area contributed by atoms with Crippen molar-refractivity contribution < 1.29 is 19.2 Å². The first-order chi connectivity index (χ1) is 10.4. The van der Waals surface area contributed by atoms with Gasteiger partial charge >= 0.3 is 5.69 Å². The summed E-state index contributed by atoms with van der Waals surface area (Å²) >= 11 is 0. The number of hydrogen-bond acceptors (Lipinski definition) is 5. The Morgan fingerprint density at radius 1 is 1.36 bits per heavy atom. The Kier molecular flexibility index (Phi) is 6.49. The minimum absolute atomic E-state index is 0.00985. The molecular weight excluding hydrogens is 288 g/mol. The lowest BCUT2D eigenvalue weighted by Crippen LogP contribution is -2.35. The van der Waals surface area contributed by atoms with Gasteiger partial charge in [0.1, 0.15) is 0 Å². The second kappa shape index (κ2) is 8.11. The van der Waals surface area contributed by atoms with Gasteiger partial charge in [-0.25, -0.2) is 0 Å². The summed E-state index contributed by atoms with van der Waals surface area (Å²) < 4.78 is 5.21. The predicted octanol–water partition coefficient (Wildman–Crippen LogP) is 2.48. The molecule has 0 aromatic heterocycles. The van der Waals surface area contributed by atoms with Crippen LogP contribution in [0.15, 0.2) is 18.2 Å². The molecule has 120 valence electrons. The second-order valence-electron chi connectivity index (χ2n) is 4.88. The number of carbonyl (C=O) groups excluding carboxylic acids is 2. The maximum absolute atomic E-state index is 11.6. The van der Waals surface area contributed by atoms with Gasteiger partial charge < -0.3 is 10.1 Å². The highest BCUT2D eigenvalue weighted by Crippen LogP contribution is 2.28. The lowest BCUT2D eigenvalue weighted by Gasteiger charge is -2.12. The second-order valence-corrected chi connectivity index (χ2v) is 4.88. The van der Waals surface area contributed by atoms with E-state index in [4.69, 9.17) is 4.74 Å². The minimum atomic E-state index is -0.631. The molecule has 0 aliphatic carbocycles. The van der Waals surface area contributed by atoms with E-state index in [2.05, 4.69) is 5.32 Å². The van der Waals surface area contributed by atoms with Gasteiger partial charge in [-0.2, -0.15) is 0 Å². The molecule has 0 aliphatic heterocycles. The molecule has 1 aromatic rings. The molecule has 1 unspecified atom stereocenters. The lowest BCUT2D eigenvalue weighted by molar-refractivity contribution is -0.385. The largest absolute Gasteiger partial charge is 0.477 e. The van der Waals surface area contributed by atoms with Crippen LogP contribution >= 0.6 is 0 Å². The Labute approximate surface area is 128 Å². The van der Waals surface area contributed by atoms with E-state index in [1.54, 1.807) is 6.92 Å². The van der Waals surface area contributed by atoms with Crippen LogP contribution < -0.4 is 10.1 Å². The molecule has 1 amide bonds. The summed E-state index contributed by atoms with van der Waals surface area (Å²) in [7, 11) is 0. The van der Waals surface area contributed by atoms with Crippen LogP contribution in [0.4, 0.5) is 5.69 Å². The van der Waals surface area contributed by atoms with Crippen LogP contribution in [0.25, 0.3) is 0 Å². The quantitative estimate of drug-likeness (QED) is 0.452. The Morgan fingerprint density at radius 3 is 2.59 bits per heavy atom. The Bertz CT molecular complexity index is 571. The van der Waals surface area contributed by atoms with Crippen LogP contribution in [0.2, 0.25) is 0 Å².